The van der Waals surface area contributed by atoms with E-state index in [1.807, 2.05) is 26.1 Å². The van der Waals surface area contributed by atoms with Crippen LogP contribution in [0.15, 0.2) is 18.2 Å². The van der Waals surface area contributed by atoms with Gasteiger partial charge in [-0.3, -0.25) is 9.69 Å². The van der Waals surface area contributed by atoms with Crippen molar-refractivity contribution in [3.8, 4) is 0 Å². The van der Waals surface area contributed by atoms with Gasteiger partial charge in [0.2, 0.25) is 5.91 Å². The Morgan fingerprint density at radius 2 is 2.11 bits per heavy atom. The maximum atomic E-state index is 12.1. The van der Waals surface area contributed by atoms with Gasteiger partial charge in [0, 0.05) is 11.7 Å². The summed E-state index contributed by atoms with van der Waals surface area (Å²) >= 11 is 0. The van der Waals surface area contributed by atoms with Crippen molar-refractivity contribution < 1.29 is 4.79 Å². The molecule has 1 fully saturated rings. The summed E-state index contributed by atoms with van der Waals surface area (Å²) in [5.74, 6) is 0.862. The lowest BCUT2D eigenvalue weighted by molar-refractivity contribution is -0.117. The molecule has 3 nitrogen and oxygen atoms in total. The molecule has 1 saturated carbocycles. The molecule has 0 aromatic heterocycles. The Kier molecular flexibility index (Phi) is 4.25. The Balaban J connectivity index is 1.89. The lowest BCUT2D eigenvalue weighted by atomic mass is 10.1. The van der Waals surface area contributed by atoms with Gasteiger partial charge < -0.3 is 5.32 Å². The van der Waals surface area contributed by atoms with Crippen LogP contribution in [0.25, 0.3) is 0 Å². The number of nitrogens with one attached hydrogen (secondary N) is 1. The number of anilines is 1. The van der Waals surface area contributed by atoms with Crippen LogP contribution in [-0.2, 0) is 4.79 Å². The molecule has 2 rings (SSSR count). The minimum atomic E-state index is 0.0713. The number of hydrogen-bond donors (Lipinski definition) is 1. The van der Waals surface area contributed by atoms with Crippen LogP contribution >= 0.6 is 0 Å². The van der Waals surface area contributed by atoms with Crippen molar-refractivity contribution in [3.63, 3.8) is 0 Å². The molecule has 0 saturated heterocycles. The predicted molar refractivity (Wildman–Crippen MR) is 79.4 cm³/mol. The van der Waals surface area contributed by atoms with Crippen LogP contribution in [0.4, 0.5) is 5.69 Å². The van der Waals surface area contributed by atoms with Gasteiger partial charge in [-0.15, -0.1) is 0 Å². The van der Waals surface area contributed by atoms with Crippen LogP contribution in [0.3, 0.4) is 0 Å². The highest BCUT2D eigenvalue weighted by atomic mass is 16.2. The first-order valence-electron chi connectivity index (χ1n) is 7.04. The summed E-state index contributed by atoms with van der Waals surface area (Å²) in [6.45, 7) is 6.76. The van der Waals surface area contributed by atoms with E-state index in [1.54, 1.807) is 0 Å². The van der Waals surface area contributed by atoms with E-state index in [0.29, 0.717) is 12.6 Å². The average Bonchev–Trinajstić information content (AvgIpc) is 3.15. The van der Waals surface area contributed by atoms with E-state index >= 15 is 0 Å². The Morgan fingerprint density at radius 1 is 1.42 bits per heavy atom. The van der Waals surface area contributed by atoms with E-state index in [0.717, 1.165) is 17.2 Å². The van der Waals surface area contributed by atoms with Crippen molar-refractivity contribution in [2.75, 3.05) is 18.9 Å². The van der Waals surface area contributed by atoms with Crippen LogP contribution in [0.2, 0.25) is 0 Å². The van der Waals surface area contributed by atoms with Gasteiger partial charge in [-0.1, -0.05) is 17.7 Å². The van der Waals surface area contributed by atoms with Crippen LogP contribution in [0.5, 0.6) is 0 Å². The van der Waals surface area contributed by atoms with E-state index in [-0.39, 0.29) is 5.91 Å². The zero-order valence-electron chi connectivity index (χ0n) is 12.4. The first-order valence-corrected chi connectivity index (χ1v) is 7.04. The number of nitrogens with zero attached hydrogens (tertiary/aromatic N) is 1. The molecule has 1 aliphatic rings. The molecule has 1 unspecified atom stereocenters. The topological polar surface area (TPSA) is 32.3 Å². The van der Waals surface area contributed by atoms with E-state index in [4.69, 9.17) is 0 Å². The summed E-state index contributed by atoms with van der Waals surface area (Å²) in [7, 11) is 2.03. The Labute approximate surface area is 116 Å². The first-order chi connectivity index (χ1) is 8.97. The molecule has 3 heteroatoms. The van der Waals surface area contributed by atoms with Gasteiger partial charge in [0.25, 0.3) is 0 Å². The number of rotatable bonds is 5. The fourth-order valence-electron chi connectivity index (χ4n) is 2.45. The fourth-order valence-corrected chi connectivity index (χ4v) is 2.45. The second kappa shape index (κ2) is 5.74. The standard InChI is InChI=1S/C16H24N2O/c1-11-5-8-15(12(2)9-11)17-16(19)10-18(4)13(3)14-6-7-14/h5,8-9,13-14H,6-7,10H2,1-4H3,(H,17,19). The molecule has 1 aromatic carbocycles. The largest absolute Gasteiger partial charge is 0.325 e. The molecular weight excluding hydrogens is 236 g/mol. The summed E-state index contributed by atoms with van der Waals surface area (Å²) in [5.41, 5.74) is 3.25. The lowest BCUT2D eigenvalue weighted by Crippen LogP contribution is -2.37. The van der Waals surface area contributed by atoms with Gasteiger partial charge in [0.1, 0.15) is 0 Å². The minimum Gasteiger partial charge on any atom is -0.325 e. The van der Waals surface area contributed by atoms with Crippen molar-refractivity contribution in [3.05, 3.63) is 29.3 Å². The van der Waals surface area contributed by atoms with Crippen molar-refractivity contribution in [1.82, 2.24) is 4.90 Å². The van der Waals surface area contributed by atoms with Crippen molar-refractivity contribution >= 4 is 11.6 Å². The molecule has 1 atom stereocenters. The van der Waals surface area contributed by atoms with Crippen molar-refractivity contribution in [1.29, 1.82) is 0 Å². The smallest absolute Gasteiger partial charge is 0.238 e. The third-order valence-electron chi connectivity index (χ3n) is 4.05. The second-order valence-electron chi connectivity index (χ2n) is 5.86. The van der Waals surface area contributed by atoms with Gasteiger partial charge in [0.15, 0.2) is 0 Å². The third kappa shape index (κ3) is 3.80. The summed E-state index contributed by atoms with van der Waals surface area (Å²) in [5, 5.41) is 3.00. The Morgan fingerprint density at radius 3 is 2.68 bits per heavy atom. The van der Waals surface area contributed by atoms with E-state index < -0.39 is 0 Å². The van der Waals surface area contributed by atoms with Crippen molar-refractivity contribution in [2.45, 2.75) is 39.7 Å². The number of likely N-dealkylation sites (N-methyl/N-ethyl adjacent to an activating group) is 1. The van der Waals surface area contributed by atoms with Crippen LogP contribution < -0.4 is 5.32 Å². The van der Waals surface area contributed by atoms with Crippen LogP contribution in [0, 0.1) is 19.8 Å². The third-order valence-corrected chi connectivity index (χ3v) is 4.05. The molecule has 0 spiro atoms. The number of carbonyl (C=O) groups excluding carboxylic acids is 1. The molecule has 1 aromatic rings. The quantitative estimate of drug-likeness (QED) is 0.882. The number of aryl methyl sites for hydroxylation is 2. The highest BCUT2D eigenvalue weighted by molar-refractivity contribution is 5.93. The van der Waals surface area contributed by atoms with E-state index in [2.05, 4.69) is 30.1 Å². The molecular formula is C16H24N2O. The van der Waals surface area contributed by atoms with Gasteiger partial charge in [-0.05, 0) is 58.2 Å². The Bertz CT molecular complexity index is 466. The maximum absolute atomic E-state index is 12.1. The number of amides is 1. The second-order valence-corrected chi connectivity index (χ2v) is 5.86. The number of benzene rings is 1. The summed E-state index contributed by atoms with van der Waals surface area (Å²) in [6.07, 6.45) is 2.62. The molecule has 0 aliphatic heterocycles. The average molecular weight is 260 g/mol. The van der Waals surface area contributed by atoms with Crippen LogP contribution in [0.1, 0.15) is 30.9 Å². The normalized spacial score (nSPS) is 16.5. The molecule has 1 aliphatic carbocycles. The zero-order chi connectivity index (χ0) is 14.0. The summed E-state index contributed by atoms with van der Waals surface area (Å²) in [4.78, 5) is 14.2. The monoisotopic (exact) mass is 260 g/mol. The SMILES string of the molecule is Cc1ccc(NC(=O)CN(C)C(C)C2CC2)c(C)c1. The van der Waals surface area contributed by atoms with Gasteiger partial charge in [-0.25, -0.2) is 0 Å². The molecule has 0 heterocycles. The zero-order valence-corrected chi connectivity index (χ0v) is 12.4. The van der Waals surface area contributed by atoms with E-state index in [1.165, 1.54) is 18.4 Å². The molecule has 104 valence electrons. The maximum Gasteiger partial charge on any atom is 0.238 e. The molecule has 1 amide bonds. The highest BCUT2D eigenvalue weighted by Crippen LogP contribution is 2.34. The molecule has 1 N–H and O–H groups in total. The number of hydrogen-bond acceptors (Lipinski definition) is 2. The van der Waals surface area contributed by atoms with Crippen molar-refractivity contribution in [2.24, 2.45) is 5.92 Å². The lowest BCUT2D eigenvalue weighted by Gasteiger charge is -2.24. The Hall–Kier alpha value is -1.35. The first kappa shape index (κ1) is 14.1. The van der Waals surface area contributed by atoms with Crippen LogP contribution in [-0.4, -0.2) is 30.4 Å². The van der Waals surface area contributed by atoms with E-state index in [9.17, 15) is 4.79 Å². The highest BCUT2D eigenvalue weighted by Gasteiger charge is 2.30. The molecule has 0 radical (unpaired) electrons. The fraction of sp³-hybridized carbons (Fsp3) is 0.562. The van der Waals surface area contributed by atoms with Gasteiger partial charge >= 0.3 is 0 Å². The van der Waals surface area contributed by atoms with Gasteiger partial charge in [0.05, 0.1) is 6.54 Å². The molecule has 19 heavy (non-hydrogen) atoms. The van der Waals surface area contributed by atoms with Gasteiger partial charge in [-0.2, -0.15) is 0 Å². The predicted octanol–water partition coefficient (Wildman–Crippen LogP) is 2.97. The molecule has 0 bridgehead atoms. The minimum absolute atomic E-state index is 0.0713. The number of carbonyl (C=O) groups is 1. The summed E-state index contributed by atoms with van der Waals surface area (Å²) < 4.78 is 0. The summed E-state index contributed by atoms with van der Waals surface area (Å²) in [6, 6.07) is 6.60.